The van der Waals surface area contributed by atoms with Crippen LogP contribution in [0.1, 0.15) is 32.6 Å². The summed E-state index contributed by atoms with van der Waals surface area (Å²) in [6.45, 7) is 6.03. The van der Waals surface area contributed by atoms with Crippen LogP contribution in [0.25, 0.3) is 0 Å². The minimum Gasteiger partial charge on any atom is -0.525 e. The van der Waals surface area contributed by atoms with Gasteiger partial charge < -0.3 is 9.24 Å². The Morgan fingerprint density at radius 1 is 1.00 bits per heavy atom. The van der Waals surface area contributed by atoms with Gasteiger partial charge in [0.15, 0.2) is 5.78 Å². The fourth-order valence-electron chi connectivity index (χ4n) is 2.34. The molecule has 0 saturated heterocycles. The third-order valence-corrected chi connectivity index (χ3v) is 3.34. The monoisotopic (exact) mass is 262 g/mol. The molecule has 0 spiro atoms. The van der Waals surface area contributed by atoms with E-state index in [1.54, 1.807) is 0 Å². The molecule has 0 radical (unpaired) electrons. The summed E-state index contributed by atoms with van der Waals surface area (Å²) in [5.41, 5.74) is 4.81. The first-order valence-corrected chi connectivity index (χ1v) is 6.43. The van der Waals surface area contributed by atoms with Gasteiger partial charge in [0.05, 0.1) is 0 Å². The van der Waals surface area contributed by atoms with Gasteiger partial charge in [-0.25, -0.2) is 5.30 Å². The Labute approximate surface area is 129 Å². The molecule has 0 heterocycles. The van der Waals surface area contributed by atoms with E-state index in [-0.39, 0.29) is 24.6 Å². The van der Waals surface area contributed by atoms with Crippen molar-refractivity contribution in [2.75, 3.05) is 0 Å². The van der Waals surface area contributed by atoms with E-state index in [1.165, 1.54) is 5.56 Å². The number of benzene rings is 2. The van der Waals surface area contributed by atoms with Crippen molar-refractivity contribution < 1.29 is 23.7 Å². The largest absolute Gasteiger partial charge is 1.00 e. The molecule has 1 nitrogen and oxygen atoms in total. The van der Waals surface area contributed by atoms with Gasteiger partial charge in [0.1, 0.15) is 0 Å². The molecule has 3 heteroatoms. The molecule has 0 aliphatic heterocycles. The van der Waals surface area contributed by atoms with Crippen LogP contribution in [0.15, 0.2) is 36.4 Å². The smallest absolute Gasteiger partial charge is 0.525 e. The first-order valence-electron chi connectivity index (χ1n) is 5.93. The van der Waals surface area contributed by atoms with Crippen molar-refractivity contribution in [2.24, 2.45) is 0 Å². The summed E-state index contributed by atoms with van der Waals surface area (Å²) in [6.07, 6.45) is 0. The Hall–Kier alpha value is -0.863. The first kappa shape index (κ1) is 16.2. The van der Waals surface area contributed by atoms with E-state index in [0.29, 0.717) is 0 Å². The van der Waals surface area contributed by atoms with Gasteiger partial charge in [-0.1, -0.05) is 42.0 Å². The molecule has 0 atom stereocenters. The van der Waals surface area contributed by atoms with Crippen molar-refractivity contribution in [1.82, 2.24) is 0 Å². The summed E-state index contributed by atoms with van der Waals surface area (Å²) in [5.74, 6) is 0.0881. The van der Waals surface area contributed by atoms with Crippen molar-refractivity contribution in [1.29, 1.82) is 0 Å². The maximum Gasteiger partial charge on any atom is 1.00 e. The van der Waals surface area contributed by atoms with Crippen molar-refractivity contribution in [3.8, 4) is 0 Å². The van der Waals surface area contributed by atoms with E-state index in [4.69, 9.17) is 0 Å². The number of hydrogen-bond donors (Lipinski definition) is 0. The summed E-state index contributed by atoms with van der Waals surface area (Å²) >= 11 is 0. The normalized spacial score (nSPS) is 9.89. The van der Waals surface area contributed by atoms with Crippen molar-refractivity contribution in [2.45, 2.75) is 20.8 Å². The third kappa shape index (κ3) is 3.58. The van der Waals surface area contributed by atoms with Gasteiger partial charge in [0.2, 0.25) is 0 Å². The van der Waals surface area contributed by atoms with E-state index in [2.05, 4.69) is 21.4 Å². The average Bonchev–Trinajstić information content (AvgIpc) is 2.27. The molecule has 2 aromatic rings. The molecular weight excluding hydrogens is 246 g/mol. The Balaban J connectivity index is 0.00000180. The first-order chi connectivity index (χ1) is 8.49. The zero-order valence-electron chi connectivity index (χ0n) is 11.9. The predicted octanol–water partition coefficient (Wildman–Crippen LogP) is 0.615. The van der Waals surface area contributed by atoms with Crippen LogP contribution in [-0.2, 0) is 0 Å². The summed E-state index contributed by atoms with van der Waals surface area (Å²) in [6, 6.07) is 11.6. The fraction of sp³-hybridized carbons (Fsp3) is 0.188. The second-order valence-electron chi connectivity index (χ2n) is 4.68. The number of carbonyl (C=O) groups excluding carboxylic acids is 1. The van der Waals surface area contributed by atoms with Gasteiger partial charge in [-0.15, -0.1) is 0 Å². The van der Waals surface area contributed by atoms with Crippen molar-refractivity contribution in [3.05, 3.63) is 64.2 Å². The number of rotatable bonds is 2. The summed E-state index contributed by atoms with van der Waals surface area (Å²) < 4.78 is 0. The van der Waals surface area contributed by atoms with Gasteiger partial charge >= 0.3 is 18.9 Å². The van der Waals surface area contributed by atoms with Crippen LogP contribution in [-0.4, -0.2) is 5.78 Å². The van der Waals surface area contributed by atoms with E-state index in [1.807, 2.05) is 45.0 Å². The van der Waals surface area contributed by atoms with Crippen LogP contribution >= 0.6 is 9.24 Å². The zero-order valence-corrected chi connectivity index (χ0v) is 12.9. The van der Waals surface area contributed by atoms with E-state index < -0.39 is 0 Å². The van der Waals surface area contributed by atoms with Crippen LogP contribution < -0.4 is 24.2 Å². The predicted molar refractivity (Wildman–Crippen MR) is 78.5 cm³/mol. The van der Waals surface area contributed by atoms with Gasteiger partial charge in [0, 0.05) is 11.1 Å². The molecule has 0 aliphatic rings. The molecule has 2 rings (SSSR count). The molecule has 0 aliphatic carbocycles. The standard InChI is InChI=1S/C16H16OP.Li/c1-10-7-11(2)15(12(3)8-10)16(17)13-5-4-6-14(18)9-13;/h4-9,18H,1-3H3;/q-1;+1. The molecule has 0 bridgehead atoms. The topological polar surface area (TPSA) is 17.1 Å². The molecule has 0 aromatic heterocycles. The van der Waals surface area contributed by atoms with Crippen LogP contribution in [0, 0.1) is 20.8 Å². The molecule has 2 aromatic carbocycles. The van der Waals surface area contributed by atoms with Crippen LogP contribution in [0.4, 0.5) is 0 Å². The van der Waals surface area contributed by atoms with E-state index in [0.717, 1.165) is 27.6 Å². The molecule has 0 amide bonds. The molecule has 0 N–H and O–H groups in total. The van der Waals surface area contributed by atoms with Gasteiger partial charge in [-0.05, 0) is 31.9 Å². The molecular formula is C16H16LiOP. The van der Waals surface area contributed by atoms with Gasteiger partial charge in [-0.2, -0.15) is 0 Å². The summed E-state index contributed by atoms with van der Waals surface area (Å²) in [4.78, 5) is 12.5. The van der Waals surface area contributed by atoms with E-state index >= 15 is 0 Å². The molecule has 92 valence electrons. The number of carbonyl (C=O) groups is 1. The summed E-state index contributed by atoms with van der Waals surface area (Å²) in [7, 11) is 3.45. The number of hydrogen-bond acceptors (Lipinski definition) is 1. The van der Waals surface area contributed by atoms with E-state index in [9.17, 15) is 4.79 Å². The molecule has 19 heavy (non-hydrogen) atoms. The van der Waals surface area contributed by atoms with Crippen molar-refractivity contribution >= 4 is 20.3 Å². The zero-order chi connectivity index (χ0) is 13.3. The average molecular weight is 262 g/mol. The van der Waals surface area contributed by atoms with Crippen molar-refractivity contribution in [3.63, 3.8) is 0 Å². The van der Waals surface area contributed by atoms with Gasteiger partial charge in [0.25, 0.3) is 0 Å². The third-order valence-electron chi connectivity index (χ3n) is 3.03. The Bertz CT molecular complexity index is 597. The van der Waals surface area contributed by atoms with Crippen LogP contribution in [0.2, 0.25) is 0 Å². The Morgan fingerprint density at radius 2 is 1.58 bits per heavy atom. The number of ketones is 1. The van der Waals surface area contributed by atoms with Crippen LogP contribution in [0.3, 0.4) is 0 Å². The second-order valence-corrected chi connectivity index (χ2v) is 5.26. The fourth-order valence-corrected chi connectivity index (χ4v) is 2.59. The maximum absolute atomic E-state index is 12.5. The molecule has 0 unspecified atom stereocenters. The maximum atomic E-state index is 12.5. The number of aryl methyl sites for hydroxylation is 3. The van der Waals surface area contributed by atoms with Crippen LogP contribution in [0.5, 0.6) is 0 Å². The quantitative estimate of drug-likeness (QED) is 0.440. The molecule has 0 fully saturated rings. The van der Waals surface area contributed by atoms with Gasteiger partial charge in [-0.3, -0.25) is 4.79 Å². The summed E-state index contributed by atoms with van der Waals surface area (Å²) in [5, 5.41) is 0.920. The minimum absolute atomic E-state index is 0. The minimum atomic E-state index is 0. The molecule has 0 saturated carbocycles. The Kier molecular flexibility index (Phi) is 5.57. The SMILES string of the molecule is Cc1cc(C)c(C(=O)c2cccc([PH-])c2)c(C)c1.[Li+]. The Morgan fingerprint density at radius 3 is 2.11 bits per heavy atom. The second kappa shape index (κ2) is 6.53.